The predicted molar refractivity (Wildman–Crippen MR) is 99.2 cm³/mol. The molecular weight excluding hydrogens is 401 g/mol. The molecule has 0 unspecified atom stereocenters. The van der Waals surface area contributed by atoms with Crippen molar-refractivity contribution < 1.29 is 22.7 Å². The third-order valence-corrected chi connectivity index (χ3v) is 5.65. The maximum absolute atomic E-state index is 12.3. The highest BCUT2D eigenvalue weighted by Crippen LogP contribution is 2.26. The number of benzene rings is 2. The number of halogens is 2. The van der Waals surface area contributed by atoms with E-state index in [9.17, 15) is 18.0 Å². The summed E-state index contributed by atoms with van der Waals surface area (Å²) in [6, 6.07) is 12.7. The Labute approximate surface area is 161 Å². The lowest BCUT2D eigenvalue weighted by molar-refractivity contribution is -0.146. The molecule has 0 saturated heterocycles. The van der Waals surface area contributed by atoms with Crippen LogP contribution >= 0.6 is 23.2 Å². The van der Waals surface area contributed by atoms with Crippen molar-refractivity contribution in [2.75, 3.05) is 17.7 Å². The number of amides is 1. The number of esters is 1. The molecule has 0 aromatic heterocycles. The molecule has 0 aliphatic carbocycles. The summed E-state index contributed by atoms with van der Waals surface area (Å²) in [5.41, 5.74) is 0.562. The van der Waals surface area contributed by atoms with Crippen molar-refractivity contribution in [3.05, 3.63) is 58.6 Å². The van der Waals surface area contributed by atoms with Crippen molar-refractivity contribution >= 4 is 50.6 Å². The van der Waals surface area contributed by atoms with Crippen LogP contribution in [0.3, 0.4) is 0 Å². The Hall–Kier alpha value is -2.09. The van der Waals surface area contributed by atoms with Crippen LogP contribution in [0, 0.1) is 0 Å². The molecule has 1 amide bonds. The topological polar surface area (TPSA) is 89.5 Å². The Balaban J connectivity index is 1.84. The fourth-order valence-corrected chi connectivity index (χ4v) is 4.01. The number of carbonyl (C=O) groups excluding carboxylic acids is 2. The fraction of sp³-hybridized carbons (Fsp3) is 0.176. The number of para-hydroxylation sites is 1. The van der Waals surface area contributed by atoms with Crippen LogP contribution in [0.1, 0.15) is 6.42 Å². The van der Waals surface area contributed by atoms with E-state index in [1.165, 1.54) is 18.2 Å². The van der Waals surface area contributed by atoms with Gasteiger partial charge < -0.3 is 10.1 Å². The molecule has 0 aliphatic heterocycles. The summed E-state index contributed by atoms with van der Waals surface area (Å²) in [7, 11) is -3.81. The average Bonchev–Trinajstić information content (AvgIpc) is 2.61. The molecule has 0 aliphatic rings. The third-order valence-electron chi connectivity index (χ3n) is 3.23. The molecule has 2 rings (SSSR count). The van der Waals surface area contributed by atoms with Gasteiger partial charge in [0.15, 0.2) is 16.4 Å². The van der Waals surface area contributed by atoms with E-state index in [2.05, 4.69) is 5.32 Å². The summed E-state index contributed by atoms with van der Waals surface area (Å²) in [4.78, 5) is 23.2. The third kappa shape index (κ3) is 6.01. The minimum absolute atomic E-state index is 0.0185. The quantitative estimate of drug-likeness (QED) is 0.700. The van der Waals surface area contributed by atoms with Gasteiger partial charge in [0.05, 0.1) is 22.1 Å². The van der Waals surface area contributed by atoms with E-state index in [4.69, 9.17) is 27.9 Å². The van der Waals surface area contributed by atoms with Crippen LogP contribution in [0.4, 0.5) is 5.69 Å². The number of ether oxygens (including phenoxy) is 1. The summed E-state index contributed by atoms with van der Waals surface area (Å²) in [6.45, 7) is -0.508. The first-order valence-corrected chi connectivity index (χ1v) is 9.87. The summed E-state index contributed by atoms with van der Waals surface area (Å²) in [5, 5.41) is 2.78. The van der Waals surface area contributed by atoms with Gasteiger partial charge in [-0.25, -0.2) is 8.42 Å². The Morgan fingerprint density at radius 2 is 1.73 bits per heavy atom. The molecule has 0 spiro atoms. The fourth-order valence-electron chi connectivity index (χ4n) is 1.98. The van der Waals surface area contributed by atoms with Gasteiger partial charge in [-0.2, -0.15) is 0 Å². The predicted octanol–water partition coefficient (Wildman–Crippen LogP) is 3.34. The number of hydrogen-bond donors (Lipinski definition) is 1. The Kier molecular flexibility index (Phi) is 7.02. The van der Waals surface area contributed by atoms with Crippen molar-refractivity contribution in [3.63, 3.8) is 0 Å². The van der Waals surface area contributed by atoms with Crippen molar-refractivity contribution in [1.82, 2.24) is 0 Å². The Bertz CT molecular complexity index is 901. The lowest BCUT2D eigenvalue weighted by atomic mass is 10.3. The van der Waals surface area contributed by atoms with Gasteiger partial charge in [0.25, 0.3) is 5.91 Å². The SMILES string of the molecule is O=C(COC(=O)CCS(=O)(=O)c1cc(Cl)ccc1Cl)Nc1ccccc1. The lowest BCUT2D eigenvalue weighted by Crippen LogP contribution is -2.22. The van der Waals surface area contributed by atoms with Gasteiger partial charge in [0.2, 0.25) is 0 Å². The van der Waals surface area contributed by atoms with E-state index in [-0.39, 0.29) is 14.9 Å². The van der Waals surface area contributed by atoms with Crippen LogP contribution in [0.5, 0.6) is 0 Å². The standard InChI is InChI=1S/C17H15Cl2NO5S/c18-12-6-7-14(19)15(10-12)26(23,24)9-8-17(22)25-11-16(21)20-13-4-2-1-3-5-13/h1-7,10H,8-9,11H2,(H,20,21). The molecule has 26 heavy (non-hydrogen) atoms. The Morgan fingerprint density at radius 1 is 1.04 bits per heavy atom. The maximum atomic E-state index is 12.3. The van der Waals surface area contributed by atoms with Crippen molar-refractivity contribution in [2.24, 2.45) is 0 Å². The molecule has 9 heteroatoms. The summed E-state index contributed by atoms with van der Waals surface area (Å²) in [6.07, 6.45) is -0.413. The summed E-state index contributed by atoms with van der Waals surface area (Å²) >= 11 is 11.6. The molecule has 0 radical (unpaired) electrons. The van der Waals surface area contributed by atoms with Crippen LogP contribution in [0.15, 0.2) is 53.4 Å². The van der Waals surface area contributed by atoms with Crippen LogP contribution in [-0.2, 0) is 24.2 Å². The largest absolute Gasteiger partial charge is 0.456 e. The van der Waals surface area contributed by atoms with Gasteiger partial charge >= 0.3 is 5.97 Å². The van der Waals surface area contributed by atoms with Gasteiger partial charge in [0, 0.05) is 10.7 Å². The second-order valence-corrected chi connectivity index (χ2v) is 8.14. The summed E-state index contributed by atoms with van der Waals surface area (Å²) < 4.78 is 29.3. The van der Waals surface area contributed by atoms with E-state index >= 15 is 0 Å². The van der Waals surface area contributed by atoms with Crippen molar-refractivity contribution in [3.8, 4) is 0 Å². The zero-order valence-electron chi connectivity index (χ0n) is 13.4. The molecule has 1 N–H and O–H groups in total. The van der Waals surface area contributed by atoms with Gasteiger partial charge in [0.1, 0.15) is 0 Å². The number of anilines is 1. The smallest absolute Gasteiger partial charge is 0.307 e. The molecule has 0 saturated carbocycles. The average molecular weight is 416 g/mol. The van der Waals surface area contributed by atoms with Crippen molar-refractivity contribution in [1.29, 1.82) is 0 Å². The highest BCUT2D eigenvalue weighted by Gasteiger charge is 2.21. The first kappa shape index (κ1) is 20.2. The number of hydrogen-bond acceptors (Lipinski definition) is 5. The van der Waals surface area contributed by atoms with E-state index in [1.54, 1.807) is 30.3 Å². The van der Waals surface area contributed by atoms with Crippen molar-refractivity contribution in [2.45, 2.75) is 11.3 Å². The number of nitrogens with one attached hydrogen (secondary N) is 1. The molecule has 0 heterocycles. The monoisotopic (exact) mass is 415 g/mol. The molecule has 2 aromatic rings. The molecule has 138 valence electrons. The van der Waals surface area contributed by atoms with E-state index in [1.807, 2.05) is 0 Å². The van der Waals surface area contributed by atoms with Crippen LogP contribution in [-0.4, -0.2) is 32.7 Å². The first-order valence-electron chi connectivity index (χ1n) is 7.46. The lowest BCUT2D eigenvalue weighted by Gasteiger charge is -2.08. The zero-order valence-corrected chi connectivity index (χ0v) is 15.8. The minimum Gasteiger partial charge on any atom is -0.456 e. The number of carbonyl (C=O) groups is 2. The van der Waals surface area contributed by atoms with Crippen LogP contribution < -0.4 is 5.32 Å². The molecular formula is C17H15Cl2NO5S. The van der Waals surface area contributed by atoms with Crippen LogP contribution in [0.25, 0.3) is 0 Å². The number of sulfone groups is 1. The molecule has 0 bridgehead atoms. The second-order valence-electron chi connectivity index (χ2n) is 5.22. The van der Waals surface area contributed by atoms with E-state index in [0.29, 0.717) is 5.69 Å². The van der Waals surface area contributed by atoms with Crippen LogP contribution in [0.2, 0.25) is 10.0 Å². The van der Waals surface area contributed by atoms with Gasteiger partial charge in [-0.15, -0.1) is 0 Å². The zero-order chi connectivity index (χ0) is 19.2. The number of rotatable bonds is 7. The van der Waals surface area contributed by atoms with Gasteiger partial charge in [-0.1, -0.05) is 41.4 Å². The second kappa shape index (κ2) is 9.02. The molecule has 6 nitrogen and oxygen atoms in total. The van der Waals surface area contributed by atoms with Gasteiger partial charge in [-0.3, -0.25) is 9.59 Å². The maximum Gasteiger partial charge on any atom is 0.307 e. The highest BCUT2D eigenvalue weighted by molar-refractivity contribution is 7.91. The highest BCUT2D eigenvalue weighted by atomic mass is 35.5. The molecule has 0 atom stereocenters. The minimum atomic E-state index is -3.81. The molecule has 0 fully saturated rings. The Morgan fingerprint density at radius 3 is 2.42 bits per heavy atom. The molecule has 2 aromatic carbocycles. The van der Waals surface area contributed by atoms with Gasteiger partial charge in [-0.05, 0) is 30.3 Å². The van der Waals surface area contributed by atoms with E-state index in [0.717, 1.165) is 0 Å². The normalized spacial score (nSPS) is 11.0. The summed E-state index contributed by atoms with van der Waals surface area (Å²) in [5.74, 6) is -1.84. The first-order chi connectivity index (χ1) is 12.3. The van der Waals surface area contributed by atoms with E-state index < -0.39 is 40.5 Å².